The molecule has 3 aromatic rings. The van der Waals surface area contributed by atoms with Crippen molar-refractivity contribution in [1.29, 1.82) is 0 Å². The summed E-state index contributed by atoms with van der Waals surface area (Å²) in [6.07, 6.45) is 3.02. The first-order valence-corrected chi connectivity index (χ1v) is 10.8. The monoisotopic (exact) mass is 461 g/mol. The van der Waals surface area contributed by atoms with Crippen LogP contribution < -0.4 is 9.64 Å². The first kappa shape index (κ1) is 21.8. The van der Waals surface area contributed by atoms with Crippen LogP contribution in [0, 0.1) is 12.7 Å². The predicted molar refractivity (Wildman–Crippen MR) is 121 cm³/mol. The van der Waals surface area contributed by atoms with E-state index in [-0.39, 0.29) is 5.02 Å². The van der Waals surface area contributed by atoms with Gasteiger partial charge in [0.15, 0.2) is 0 Å². The zero-order valence-corrected chi connectivity index (χ0v) is 18.8. The molecule has 2 aromatic heterocycles. The Morgan fingerprint density at radius 1 is 1.10 bits per heavy atom. The van der Waals surface area contributed by atoms with E-state index >= 15 is 0 Å². The Morgan fingerprint density at radius 3 is 2.65 bits per heavy atom. The topological polar surface area (TPSA) is 47.5 Å². The lowest BCUT2D eigenvalue weighted by Gasteiger charge is -2.28. The lowest BCUT2D eigenvalue weighted by molar-refractivity contribution is 0.122. The van der Waals surface area contributed by atoms with E-state index in [1.807, 2.05) is 25.1 Å². The van der Waals surface area contributed by atoms with E-state index in [0.717, 1.165) is 30.0 Å². The molecule has 4 rings (SSSR count). The van der Waals surface area contributed by atoms with Crippen molar-refractivity contribution in [3.8, 4) is 16.9 Å². The highest BCUT2D eigenvalue weighted by Crippen LogP contribution is 2.36. The number of rotatable bonds is 5. The molecule has 0 aliphatic carbocycles. The molecule has 8 heteroatoms. The van der Waals surface area contributed by atoms with Crippen LogP contribution >= 0.6 is 23.2 Å². The van der Waals surface area contributed by atoms with Crippen molar-refractivity contribution < 1.29 is 13.9 Å². The van der Waals surface area contributed by atoms with E-state index < -0.39 is 11.9 Å². The fourth-order valence-corrected chi connectivity index (χ4v) is 4.20. The Labute approximate surface area is 190 Å². The highest BCUT2D eigenvalue weighted by Gasteiger charge is 2.20. The van der Waals surface area contributed by atoms with Crippen LogP contribution in [0.4, 0.5) is 10.2 Å². The fourth-order valence-electron chi connectivity index (χ4n) is 3.52. The van der Waals surface area contributed by atoms with Crippen molar-refractivity contribution in [2.75, 3.05) is 31.2 Å². The Hall–Kier alpha value is -2.41. The molecule has 31 heavy (non-hydrogen) atoms. The zero-order chi connectivity index (χ0) is 22.0. The minimum Gasteiger partial charge on any atom is -0.484 e. The van der Waals surface area contributed by atoms with Gasteiger partial charge in [-0.05, 0) is 49.7 Å². The number of pyridine rings is 2. The maximum Gasteiger partial charge on any atom is 0.142 e. The average molecular weight is 462 g/mol. The molecule has 0 bridgehead atoms. The molecular formula is C23H22Cl2FN3O2. The zero-order valence-electron chi connectivity index (χ0n) is 17.2. The number of aromatic nitrogens is 2. The quantitative estimate of drug-likeness (QED) is 0.444. The number of benzene rings is 1. The van der Waals surface area contributed by atoms with Crippen molar-refractivity contribution in [1.82, 2.24) is 9.97 Å². The normalized spacial score (nSPS) is 15.1. The molecule has 0 N–H and O–H groups in total. The third-order valence-corrected chi connectivity index (χ3v) is 5.96. The minimum atomic E-state index is -0.562. The summed E-state index contributed by atoms with van der Waals surface area (Å²) in [4.78, 5) is 11.2. The highest BCUT2D eigenvalue weighted by molar-refractivity contribution is 6.36. The van der Waals surface area contributed by atoms with Gasteiger partial charge in [-0.25, -0.2) is 9.37 Å². The van der Waals surface area contributed by atoms with Crippen LogP contribution in [0.25, 0.3) is 11.1 Å². The summed E-state index contributed by atoms with van der Waals surface area (Å²) >= 11 is 12.4. The fraction of sp³-hybridized carbons (Fsp3) is 0.304. The van der Waals surface area contributed by atoms with Crippen LogP contribution in [-0.2, 0) is 4.74 Å². The number of morpholine rings is 1. The summed E-state index contributed by atoms with van der Waals surface area (Å²) in [5, 5.41) is 0.316. The van der Waals surface area contributed by atoms with Gasteiger partial charge >= 0.3 is 0 Å². The summed E-state index contributed by atoms with van der Waals surface area (Å²) in [5.41, 5.74) is 2.98. The number of hydrogen-bond acceptors (Lipinski definition) is 5. The second-order valence-corrected chi connectivity index (χ2v) is 8.11. The van der Waals surface area contributed by atoms with Gasteiger partial charge in [0.2, 0.25) is 0 Å². The molecule has 1 fully saturated rings. The summed E-state index contributed by atoms with van der Waals surface area (Å²) in [5.74, 6) is 0.939. The Morgan fingerprint density at radius 2 is 1.87 bits per heavy atom. The van der Waals surface area contributed by atoms with Gasteiger partial charge in [-0.15, -0.1) is 0 Å². The van der Waals surface area contributed by atoms with Crippen molar-refractivity contribution in [2.24, 2.45) is 0 Å². The van der Waals surface area contributed by atoms with Crippen LogP contribution in [0.2, 0.25) is 10.0 Å². The summed E-state index contributed by atoms with van der Waals surface area (Å²) in [6.45, 7) is 6.64. The molecule has 1 unspecified atom stereocenters. The lowest BCUT2D eigenvalue weighted by atomic mass is 10.1. The maximum atomic E-state index is 13.9. The SMILES string of the molecule is Cc1ncc(-c2ccnc(N3CCOCC3)c2)cc1OC(C)c1c(Cl)ccc(F)c1Cl. The molecule has 0 saturated carbocycles. The third kappa shape index (κ3) is 4.76. The van der Waals surface area contributed by atoms with E-state index in [1.54, 1.807) is 19.3 Å². The number of nitrogens with zero attached hydrogens (tertiary/aromatic N) is 3. The number of ether oxygens (including phenoxy) is 2. The van der Waals surface area contributed by atoms with Gasteiger partial charge in [0.05, 0.1) is 23.9 Å². The van der Waals surface area contributed by atoms with Crippen LogP contribution in [0.1, 0.15) is 24.3 Å². The molecule has 1 aromatic carbocycles. The van der Waals surface area contributed by atoms with Crippen molar-refractivity contribution in [3.63, 3.8) is 0 Å². The second-order valence-electron chi connectivity index (χ2n) is 7.33. The van der Waals surface area contributed by atoms with Gasteiger partial charge < -0.3 is 14.4 Å². The molecule has 1 aliphatic heterocycles. The van der Waals surface area contributed by atoms with Crippen LogP contribution in [0.15, 0.2) is 42.7 Å². The van der Waals surface area contributed by atoms with E-state index in [4.69, 9.17) is 32.7 Å². The molecule has 1 aliphatic rings. The molecule has 0 amide bonds. The van der Waals surface area contributed by atoms with E-state index in [1.165, 1.54) is 12.1 Å². The van der Waals surface area contributed by atoms with E-state index in [0.29, 0.717) is 35.2 Å². The standard InChI is InChI=1S/C23H22Cl2FN3O2/c1-14-20(31-15(2)22-18(24)3-4-19(26)23(22)25)11-17(13-28-14)16-5-6-27-21(12-16)29-7-9-30-10-8-29/h3-6,11-13,15H,7-10H2,1-2H3. The largest absolute Gasteiger partial charge is 0.484 e. The number of halogens is 3. The summed E-state index contributed by atoms with van der Waals surface area (Å²) in [6, 6.07) is 8.60. The third-order valence-electron chi connectivity index (χ3n) is 5.24. The van der Waals surface area contributed by atoms with Crippen LogP contribution in [-0.4, -0.2) is 36.3 Å². The average Bonchev–Trinajstić information content (AvgIpc) is 2.79. The Balaban J connectivity index is 1.62. The summed E-state index contributed by atoms with van der Waals surface area (Å²) in [7, 11) is 0. The van der Waals surface area contributed by atoms with Gasteiger partial charge in [-0.2, -0.15) is 0 Å². The molecule has 162 valence electrons. The molecule has 0 spiro atoms. The summed E-state index contributed by atoms with van der Waals surface area (Å²) < 4.78 is 25.5. The van der Waals surface area contributed by atoms with Crippen LogP contribution in [0.5, 0.6) is 5.75 Å². The van der Waals surface area contributed by atoms with E-state index in [2.05, 4.69) is 14.9 Å². The molecule has 5 nitrogen and oxygen atoms in total. The lowest BCUT2D eigenvalue weighted by Crippen LogP contribution is -2.36. The molecule has 1 saturated heterocycles. The molecule has 3 heterocycles. The molecule has 1 atom stereocenters. The second kappa shape index (κ2) is 9.39. The van der Waals surface area contributed by atoms with Crippen molar-refractivity contribution in [3.05, 3.63) is 69.8 Å². The van der Waals surface area contributed by atoms with Gasteiger partial charge in [0.1, 0.15) is 23.5 Å². The molecular weight excluding hydrogens is 440 g/mol. The smallest absolute Gasteiger partial charge is 0.142 e. The maximum absolute atomic E-state index is 13.9. The van der Waals surface area contributed by atoms with Gasteiger partial charge in [0.25, 0.3) is 0 Å². The number of anilines is 1. The Kier molecular flexibility index (Phi) is 6.60. The minimum absolute atomic E-state index is 0.0361. The predicted octanol–water partition coefficient (Wildman–Crippen LogP) is 5.87. The molecule has 0 radical (unpaired) electrons. The van der Waals surface area contributed by atoms with E-state index in [9.17, 15) is 4.39 Å². The first-order valence-electron chi connectivity index (χ1n) is 10.00. The van der Waals surface area contributed by atoms with Gasteiger partial charge in [-0.1, -0.05) is 23.2 Å². The van der Waals surface area contributed by atoms with Crippen LogP contribution in [0.3, 0.4) is 0 Å². The highest BCUT2D eigenvalue weighted by atomic mass is 35.5. The van der Waals surface area contributed by atoms with Gasteiger partial charge in [0, 0.05) is 41.6 Å². The van der Waals surface area contributed by atoms with Crippen molar-refractivity contribution in [2.45, 2.75) is 20.0 Å². The Bertz CT molecular complexity index is 1090. The van der Waals surface area contributed by atoms with Crippen molar-refractivity contribution >= 4 is 29.0 Å². The first-order chi connectivity index (χ1) is 14.9. The number of hydrogen-bond donors (Lipinski definition) is 0. The van der Waals surface area contributed by atoms with Gasteiger partial charge in [-0.3, -0.25) is 4.98 Å². The number of aryl methyl sites for hydroxylation is 1.